The smallest absolute Gasteiger partial charge is 0.201 e. The van der Waals surface area contributed by atoms with Crippen LogP contribution in [0.2, 0.25) is 0 Å². The molecule has 3 nitrogen and oxygen atoms in total. The molecule has 0 radical (unpaired) electrons. The Morgan fingerprint density at radius 1 is 1.11 bits per heavy atom. The topological polar surface area (TPSA) is 43.8 Å². The van der Waals surface area contributed by atoms with Gasteiger partial charge in [0, 0.05) is 6.54 Å². The van der Waals surface area contributed by atoms with Crippen LogP contribution in [0.5, 0.6) is 0 Å². The number of anilines is 1. The number of para-hydroxylation sites is 2. The molecule has 0 atom stereocenters. The second-order valence-electron chi connectivity index (χ2n) is 5.72. The first-order valence-electron chi connectivity index (χ1n) is 6.71. The molecule has 0 spiro atoms. The van der Waals surface area contributed by atoms with Crippen LogP contribution in [0.1, 0.15) is 27.7 Å². The molecule has 0 fully saturated rings. The summed E-state index contributed by atoms with van der Waals surface area (Å²) in [6, 6.07) is 8.15. The summed E-state index contributed by atoms with van der Waals surface area (Å²) < 4.78 is 2.15. The van der Waals surface area contributed by atoms with Crippen LogP contribution in [0.3, 0.4) is 0 Å². The first kappa shape index (κ1) is 12.9. The van der Waals surface area contributed by atoms with Crippen molar-refractivity contribution in [2.45, 2.75) is 34.2 Å². The number of nitrogens with two attached hydrogens (primary N) is 1. The van der Waals surface area contributed by atoms with Gasteiger partial charge in [0.05, 0.1) is 11.0 Å². The van der Waals surface area contributed by atoms with Crippen molar-refractivity contribution in [2.24, 2.45) is 17.8 Å². The van der Waals surface area contributed by atoms with Gasteiger partial charge in [-0.25, -0.2) is 4.98 Å². The van der Waals surface area contributed by atoms with Crippen molar-refractivity contribution < 1.29 is 0 Å². The number of imidazole rings is 1. The van der Waals surface area contributed by atoms with Gasteiger partial charge >= 0.3 is 0 Å². The van der Waals surface area contributed by atoms with Crippen molar-refractivity contribution >= 4 is 17.0 Å². The summed E-state index contributed by atoms with van der Waals surface area (Å²) in [5.74, 6) is 2.53. The molecule has 1 aromatic heterocycles. The lowest BCUT2D eigenvalue weighted by Crippen LogP contribution is -2.22. The molecule has 3 heteroatoms. The minimum absolute atomic E-state index is 0.616. The molecule has 2 rings (SSSR count). The highest BCUT2D eigenvalue weighted by Crippen LogP contribution is 2.26. The molecule has 0 aliphatic carbocycles. The molecule has 2 N–H and O–H groups in total. The molecule has 18 heavy (non-hydrogen) atoms. The van der Waals surface area contributed by atoms with E-state index in [0.29, 0.717) is 23.7 Å². The number of rotatable bonds is 4. The van der Waals surface area contributed by atoms with Crippen molar-refractivity contribution in [3.8, 4) is 0 Å². The fourth-order valence-corrected chi connectivity index (χ4v) is 2.69. The lowest BCUT2D eigenvalue weighted by molar-refractivity contribution is 0.255. The Bertz CT molecular complexity index is 518. The maximum absolute atomic E-state index is 6.05. The average molecular weight is 245 g/mol. The Balaban J connectivity index is 2.39. The molecule has 1 aromatic carbocycles. The van der Waals surface area contributed by atoms with E-state index < -0.39 is 0 Å². The largest absolute Gasteiger partial charge is 0.369 e. The summed E-state index contributed by atoms with van der Waals surface area (Å²) in [5, 5.41) is 0. The predicted molar refractivity (Wildman–Crippen MR) is 77.3 cm³/mol. The first-order valence-corrected chi connectivity index (χ1v) is 6.71. The summed E-state index contributed by atoms with van der Waals surface area (Å²) in [6.45, 7) is 10.1. The lowest BCUT2D eigenvalue weighted by Gasteiger charge is -2.25. The zero-order valence-corrected chi connectivity index (χ0v) is 11.7. The van der Waals surface area contributed by atoms with Gasteiger partial charge in [0.2, 0.25) is 5.95 Å². The molecule has 0 bridgehead atoms. The van der Waals surface area contributed by atoms with Gasteiger partial charge in [-0.15, -0.1) is 0 Å². The highest BCUT2D eigenvalue weighted by molar-refractivity contribution is 5.78. The summed E-state index contributed by atoms with van der Waals surface area (Å²) in [5.41, 5.74) is 8.18. The van der Waals surface area contributed by atoms with E-state index in [-0.39, 0.29) is 0 Å². The molecular weight excluding hydrogens is 222 g/mol. The van der Waals surface area contributed by atoms with Crippen LogP contribution in [0.25, 0.3) is 11.0 Å². The monoisotopic (exact) mass is 245 g/mol. The van der Waals surface area contributed by atoms with Crippen molar-refractivity contribution in [3.63, 3.8) is 0 Å². The second-order valence-corrected chi connectivity index (χ2v) is 5.72. The van der Waals surface area contributed by atoms with Gasteiger partial charge in [0.1, 0.15) is 0 Å². The van der Waals surface area contributed by atoms with Crippen LogP contribution in [-0.2, 0) is 6.54 Å². The molecule has 0 saturated heterocycles. The highest BCUT2D eigenvalue weighted by atomic mass is 15.2. The fourth-order valence-electron chi connectivity index (χ4n) is 2.69. The highest BCUT2D eigenvalue weighted by Gasteiger charge is 2.20. The standard InChI is InChI=1S/C15H23N3/c1-10(2)12(11(3)4)9-18-14-8-6-5-7-13(14)17-15(18)16/h5-8,10-12H,9H2,1-4H3,(H2,16,17). The normalized spacial score (nSPS) is 12.2. The summed E-state index contributed by atoms with van der Waals surface area (Å²) >= 11 is 0. The van der Waals surface area contributed by atoms with Gasteiger partial charge in [-0.1, -0.05) is 39.8 Å². The Labute approximate surface area is 109 Å². The Morgan fingerprint density at radius 2 is 1.72 bits per heavy atom. The minimum Gasteiger partial charge on any atom is -0.369 e. The second kappa shape index (κ2) is 5.01. The Kier molecular flexibility index (Phi) is 3.60. The van der Waals surface area contributed by atoms with Gasteiger partial charge in [0.15, 0.2) is 0 Å². The average Bonchev–Trinajstić information content (AvgIpc) is 2.61. The van der Waals surface area contributed by atoms with E-state index in [4.69, 9.17) is 5.73 Å². The van der Waals surface area contributed by atoms with E-state index in [1.165, 1.54) is 0 Å². The van der Waals surface area contributed by atoms with Gasteiger partial charge in [-0.05, 0) is 29.9 Å². The molecule has 0 aliphatic rings. The van der Waals surface area contributed by atoms with E-state index in [2.05, 4.69) is 43.3 Å². The van der Waals surface area contributed by atoms with Crippen LogP contribution < -0.4 is 5.73 Å². The van der Waals surface area contributed by atoms with Gasteiger partial charge in [-0.3, -0.25) is 0 Å². The number of aromatic nitrogens is 2. The van der Waals surface area contributed by atoms with Crippen LogP contribution in [0, 0.1) is 17.8 Å². The number of hydrogen-bond acceptors (Lipinski definition) is 2. The molecular formula is C15H23N3. The van der Waals surface area contributed by atoms with Crippen molar-refractivity contribution in [1.29, 1.82) is 0 Å². The number of nitrogens with zero attached hydrogens (tertiary/aromatic N) is 2. The maximum atomic E-state index is 6.05. The quantitative estimate of drug-likeness (QED) is 0.895. The van der Waals surface area contributed by atoms with Crippen LogP contribution in [-0.4, -0.2) is 9.55 Å². The third-order valence-electron chi connectivity index (χ3n) is 3.79. The molecule has 98 valence electrons. The Hall–Kier alpha value is -1.51. The van der Waals surface area contributed by atoms with Crippen LogP contribution in [0.4, 0.5) is 5.95 Å². The number of benzene rings is 1. The first-order chi connectivity index (χ1) is 8.50. The minimum atomic E-state index is 0.616. The SMILES string of the molecule is CC(C)C(Cn1c(N)nc2ccccc21)C(C)C. The van der Waals surface area contributed by atoms with E-state index >= 15 is 0 Å². The van der Waals surface area contributed by atoms with Crippen molar-refractivity contribution in [2.75, 3.05) is 5.73 Å². The molecule has 0 saturated carbocycles. The van der Waals surface area contributed by atoms with E-state index in [0.717, 1.165) is 17.6 Å². The van der Waals surface area contributed by atoms with Crippen molar-refractivity contribution in [1.82, 2.24) is 9.55 Å². The number of fused-ring (bicyclic) bond motifs is 1. The van der Waals surface area contributed by atoms with E-state index in [9.17, 15) is 0 Å². The lowest BCUT2D eigenvalue weighted by atomic mass is 9.85. The van der Waals surface area contributed by atoms with E-state index in [1.54, 1.807) is 0 Å². The molecule has 0 amide bonds. The molecule has 2 aromatic rings. The Morgan fingerprint density at radius 3 is 2.33 bits per heavy atom. The summed E-state index contributed by atoms with van der Waals surface area (Å²) in [4.78, 5) is 4.43. The number of hydrogen-bond donors (Lipinski definition) is 1. The molecule has 0 unspecified atom stereocenters. The van der Waals surface area contributed by atoms with Gasteiger partial charge in [-0.2, -0.15) is 0 Å². The zero-order chi connectivity index (χ0) is 13.3. The van der Waals surface area contributed by atoms with Crippen LogP contribution >= 0.6 is 0 Å². The molecule has 0 aliphatic heterocycles. The van der Waals surface area contributed by atoms with Crippen LogP contribution in [0.15, 0.2) is 24.3 Å². The third-order valence-corrected chi connectivity index (χ3v) is 3.79. The summed E-state index contributed by atoms with van der Waals surface area (Å²) in [6.07, 6.45) is 0. The summed E-state index contributed by atoms with van der Waals surface area (Å²) in [7, 11) is 0. The zero-order valence-electron chi connectivity index (χ0n) is 11.7. The van der Waals surface area contributed by atoms with Crippen molar-refractivity contribution in [3.05, 3.63) is 24.3 Å². The number of nitrogen functional groups attached to an aromatic ring is 1. The van der Waals surface area contributed by atoms with Gasteiger partial charge in [0.25, 0.3) is 0 Å². The van der Waals surface area contributed by atoms with E-state index in [1.807, 2.05) is 18.2 Å². The van der Waals surface area contributed by atoms with Gasteiger partial charge < -0.3 is 10.3 Å². The predicted octanol–water partition coefficient (Wildman–Crippen LogP) is 3.55. The maximum Gasteiger partial charge on any atom is 0.201 e. The fraction of sp³-hybridized carbons (Fsp3) is 0.533. The molecule has 1 heterocycles. The third kappa shape index (κ3) is 2.35.